The molecule has 0 bridgehead atoms. The molecule has 27 heavy (non-hydrogen) atoms. The number of benzene rings is 1. The number of nitrogens with two attached hydrogens (primary N) is 1. The van der Waals surface area contributed by atoms with Gasteiger partial charge in [0.05, 0.1) is 20.1 Å². The summed E-state index contributed by atoms with van der Waals surface area (Å²) >= 11 is 0. The summed E-state index contributed by atoms with van der Waals surface area (Å²) in [5.74, 6) is 1.29. The topological polar surface area (TPSA) is 113 Å². The van der Waals surface area contributed by atoms with Crippen molar-refractivity contribution in [2.75, 3.05) is 21.0 Å². The SMILES string of the molecule is COc1c([C@@H]2C(C#N)=C(N)OC3=C2C(=O)CCC3)cc2c(c1OC)OCO2. The van der Waals surface area contributed by atoms with Crippen molar-refractivity contribution in [3.05, 3.63) is 34.4 Å². The molecule has 8 heteroatoms. The van der Waals surface area contributed by atoms with E-state index in [1.807, 2.05) is 0 Å². The highest BCUT2D eigenvalue weighted by Crippen LogP contribution is 2.54. The van der Waals surface area contributed by atoms with Crippen LogP contribution in [-0.2, 0) is 9.53 Å². The molecular weight excluding hydrogens is 352 g/mol. The van der Waals surface area contributed by atoms with Gasteiger partial charge in [-0.25, -0.2) is 0 Å². The molecule has 0 unspecified atom stereocenters. The number of Topliss-reactive ketones (excluding diaryl/α,β-unsaturated/α-hetero) is 1. The van der Waals surface area contributed by atoms with Crippen LogP contribution in [0.5, 0.6) is 23.0 Å². The lowest BCUT2D eigenvalue weighted by Gasteiger charge is -2.31. The Kier molecular flexibility index (Phi) is 4.07. The van der Waals surface area contributed by atoms with Gasteiger partial charge in [0.25, 0.3) is 0 Å². The van der Waals surface area contributed by atoms with Gasteiger partial charge < -0.3 is 29.4 Å². The Morgan fingerprint density at radius 1 is 1.22 bits per heavy atom. The molecule has 0 aromatic heterocycles. The molecule has 0 radical (unpaired) electrons. The van der Waals surface area contributed by atoms with Crippen LogP contribution in [0.4, 0.5) is 0 Å². The van der Waals surface area contributed by atoms with E-state index in [1.165, 1.54) is 14.2 Å². The molecular formula is C19H18N2O6. The van der Waals surface area contributed by atoms with Gasteiger partial charge in [-0.1, -0.05) is 0 Å². The van der Waals surface area contributed by atoms with Gasteiger partial charge in [0.15, 0.2) is 17.3 Å². The summed E-state index contributed by atoms with van der Waals surface area (Å²) in [5, 5.41) is 9.72. The van der Waals surface area contributed by atoms with Gasteiger partial charge in [-0.3, -0.25) is 4.79 Å². The first-order valence-electron chi connectivity index (χ1n) is 8.49. The third-order valence-electron chi connectivity index (χ3n) is 4.93. The van der Waals surface area contributed by atoms with E-state index in [-0.39, 0.29) is 24.0 Å². The molecule has 0 saturated carbocycles. The number of methoxy groups -OCH3 is 2. The average Bonchev–Trinajstić information content (AvgIpc) is 3.13. The predicted octanol–water partition coefficient (Wildman–Crippen LogP) is 2.25. The lowest BCUT2D eigenvalue weighted by molar-refractivity contribution is -0.116. The number of hydrogen-bond acceptors (Lipinski definition) is 8. The number of ketones is 1. The maximum atomic E-state index is 12.7. The summed E-state index contributed by atoms with van der Waals surface area (Å²) in [4.78, 5) is 12.7. The Hall–Kier alpha value is -3.34. The van der Waals surface area contributed by atoms with Crippen LogP contribution in [0.15, 0.2) is 28.9 Å². The molecule has 0 fully saturated rings. The van der Waals surface area contributed by atoms with Crippen LogP contribution in [0.25, 0.3) is 0 Å². The minimum Gasteiger partial charge on any atom is -0.492 e. The molecule has 0 amide bonds. The quantitative estimate of drug-likeness (QED) is 0.862. The van der Waals surface area contributed by atoms with Crippen LogP contribution >= 0.6 is 0 Å². The van der Waals surface area contributed by atoms with Gasteiger partial charge in [0.1, 0.15) is 17.4 Å². The van der Waals surface area contributed by atoms with E-state index in [1.54, 1.807) is 6.07 Å². The molecule has 140 valence electrons. The number of rotatable bonds is 3. The molecule has 2 aliphatic heterocycles. The van der Waals surface area contributed by atoms with Gasteiger partial charge in [-0.2, -0.15) is 5.26 Å². The number of allylic oxidation sites excluding steroid dienone is 3. The minimum atomic E-state index is -0.718. The summed E-state index contributed by atoms with van der Waals surface area (Å²) in [7, 11) is 2.97. The molecule has 0 spiro atoms. The third-order valence-corrected chi connectivity index (χ3v) is 4.93. The van der Waals surface area contributed by atoms with Crippen LogP contribution in [-0.4, -0.2) is 26.8 Å². The molecule has 1 aromatic rings. The van der Waals surface area contributed by atoms with E-state index in [2.05, 4.69) is 6.07 Å². The second-order valence-corrected chi connectivity index (χ2v) is 6.30. The summed E-state index contributed by atoms with van der Waals surface area (Å²) in [6, 6.07) is 3.79. The summed E-state index contributed by atoms with van der Waals surface area (Å²) in [5.41, 5.74) is 7.14. The van der Waals surface area contributed by atoms with E-state index in [0.29, 0.717) is 59.2 Å². The van der Waals surface area contributed by atoms with Crippen LogP contribution in [0.1, 0.15) is 30.7 Å². The fourth-order valence-electron chi connectivity index (χ4n) is 3.79. The van der Waals surface area contributed by atoms with Gasteiger partial charge in [0, 0.05) is 24.0 Å². The van der Waals surface area contributed by atoms with Crippen molar-refractivity contribution in [2.24, 2.45) is 5.73 Å². The van der Waals surface area contributed by atoms with Crippen LogP contribution in [0, 0.1) is 11.3 Å². The van der Waals surface area contributed by atoms with Crippen molar-refractivity contribution in [1.29, 1.82) is 5.26 Å². The average molecular weight is 370 g/mol. The maximum absolute atomic E-state index is 12.7. The zero-order valence-corrected chi connectivity index (χ0v) is 15.0. The van der Waals surface area contributed by atoms with Crippen LogP contribution in [0.2, 0.25) is 0 Å². The Morgan fingerprint density at radius 3 is 2.70 bits per heavy atom. The van der Waals surface area contributed by atoms with Gasteiger partial charge in [-0.05, 0) is 12.5 Å². The molecule has 2 heterocycles. The third kappa shape index (κ3) is 2.46. The van der Waals surface area contributed by atoms with E-state index >= 15 is 0 Å². The van der Waals surface area contributed by atoms with Crippen molar-refractivity contribution < 1.29 is 28.5 Å². The molecule has 3 aliphatic rings. The Labute approximate surface area is 155 Å². The minimum absolute atomic E-state index is 0.00497. The Balaban J connectivity index is 2.00. The smallest absolute Gasteiger partial charge is 0.231 e. The normalized spacial score (nSPS) is 20.8. The van der Waals surface area contributed by atoms with Crippen molar-refractivity contribution in [3.8, 4) is 29.1 Å². The predicted molar refractivity (Wildman–Crippen MR) is 92.2 cm³/mol. The number of nitriles is 1. The van der Waals surface area contributed by atoms with Crippen molar-refractivity contribution in [1.82, 2.24) is 0 Å². The van der Waals surface area contributed by atoms with Gasteiger partial charge in [-0.15, -0.1) is 0 Å². The Morgan fingerprint density at radius 2 is 2.00 bits per heavy atom. The number of fused-ring (bicyclic) bond motifs is 1. The maximum Gasteiger partial charge on any atom is 0.231 e. The first kappa shape index (κ1) is 17.1. The highest BCUT2D eigenvalue weighted by Gasteiger charge is 2.41. The zero-order chi connectivity index (χ0) is 19.1. The molecule has 1 atom stereocenters. The molecule has 1 aliphatic carbocycles. The molecule has 0 saturated heterocycles. The van der Waals surface area contributed by atoms with E-state index in [0.717, 1.165) is 0 Å². The number of carbonyl (C=O) groups is 1. The highest BCUT2D eigenvalue weighted by atomic mass is 16.7. The standard InChI is InChI=1S/C19H18N2O6/c1-23-16-9(6-13-17(18(16)24-2)26-8-25-13)14-10(7-20)19(21)27-12-5-3-4-11(22)15(12)14/h6,14H,3-5,8,21H2,1-2H3/t14-/m1/s1. The van der Waals surface area contributed by atoms with Gasteiger partial charge in [0.2, 0.25) is 24.2 Å². The fourth-order valence-corrected chi connectivity index (χ4v) is 3.79. The first-order chi connectivity index (χ1) is 13.1. The van der Waals surface area contributed by atoms with Crippen LogP contribution in [0.3, 0.4) is 0 Å². The number of carbonyl (C=O) groups excluding carboxylic acids is 1. The summed E-state index contributed by atoms with van der Waals surface area (Å²) < 4.78 is 27.6. The largest absolute Gasteiger partial charge is 0.492 e. The zero-order valence-electron chi connectivity index (χ0n) is 15.0. The summed E-state index contributed by atoms with van der Waals surface area (Å²) in [6.07, 6.45) is 1.66. The molecule has 8 nitrogen and oxygen atoms in total. The fraction of sp³-hybridized carbons (Fsp3) is 0.368. The Bertz CT molecular complexity index is 940. The highest BCUT2D eigenvalue weighted by molar-refractivity contribution is 5.99. The number of ether oxygens (including phenoxy) is 5. The molecule has 1 aromatic carbocycles. The second-order valence-electron chi connectivity index (χ2n) is 6.30. The van der Waals surface area contributed by atoms with E-state index < -0.39 is 5.92 Å². The van der Waals surface area contributed by atoms with Crippen molar-refractivity contribution in [3.63, 3.8) is 0 Å². The van der Waals surface area contributed by atoms with Crippen molar-refractivity contribution >= 4 is 5.78 Å². The van der Waals surface area contributed by atoms with E-state index in [9.17, 15) is 10.1 Å². The lowest BCUT2D eigenvalue weighted by Crippen LogP contribution is -2.27. The van der Waals surface area contributed by atoms with Crippen molar-refractivity contribution in [2.45, 2.75) is 25.2 Å². The monoisotopic (exact) mass is 370 g/mol. The number of hydrogen-bond donors (Lipinski definition) is 1. The first-order valence-corrected chi connectivity index (χ1v) is 8.49. The lowest BCUT2D eigenvalue weighted by atomic mass is 9.77. The molecule has 2 N–H and O–H groups in total. The second kappa shape index (κ2) is 6.43. The van der Waals surface area contributed by atoms with E-state index in [4.69, 9.17) is 29.4 Å². The van der Waals surface area contributed by atoms with Gasteiger partial charge >= 0.3 is 0 Å². The summed E-state index contributed by atoms with van der Waals surface area (Å²) in [6.45, 7) is 0.0437. The molecule has 4 rings (SSSR count). The number of nitrogens with zero attached hydrogens (tertiary/aromatic N) is 1. The van der Waals surface area contributed by atoms with Crippen LogP contribution < -0.4 is 24.7 Å².